The molecule has 2 heterocycles. The number of nitrogens with zero attached hydrogens (tertiary/aromatic N) is 1. The summed E-state index contributed by atoms with van der Waals surface area (Å²) in [5.41, 5.74) is 3.91. The van der Waals surface area contributed by atoms with Crippen LogP contribution in [-0.2, 0) is 0 Å². The molecular formula is C34H31NO. The zero-order chi connectivity index (χ0) is 27.9. The monoisotopic (exact) mass is 473 g/mol. The molecule has 0 N–H and O–H groups in total. The number of furan rings is 1. The van der Waals surface area contributed by atoms with E-state index in [4.69, 9.17) is 8.53 Å². The summed E-state index contributed by atoms with van der Waals surface area (Å²) < 4.78 is 40.8. The van der Waals surface area contributed by atoms with Crippen LogP contribution in [0.5, 0.6) is 0 Å². The number of fused-ring (bicyclic) bond motifs is 7. The standard InChI is InChI=1S/C34H31NO/c1-21-20-35-30(19-29(21)23-15-17-34(2,3)18-16-23)28-10-6-9-26-27-14-13-24-12-11-22-7-4-5-8-25(22)31(24)33(27)36-32(26)28/h4-14,19-20,23H,15-18H2,1-3H3/i1D3,23D. The molecule has 1 fully saturated rings. The van der Waals surface area contributed by atoms with E-state index < -0.39 is 12.7 Å². The van der Waals surface area contributed by atoms with Gasteiger partial charge in [-0.2, -0.15) is 0 Å². The van der Waals surface area contributed by atoms with Gasteiger partial charge in [0, 0.05) is 33.4 Å². The molecule has 0 bridgehead atoms. The summed E-state index contributed by atoms with van der Waals surface area (Å²) in [4.78, 5) is 4.66. The Morgan fingerprint density at radius 3 is 2.47 bits per heavy atom. The number of rotatable bonds is 2. The highest BCUT2D eigenvalue weighted by Gasteiger charge is 2.28. The zero-order valence-electron chi connectivity index (χ0n) is 24.7. The van der Waals surface area contributed by atoms with Gasteiger partial charge in [-0.15, -0.1) is 0 Å². The first-order valence-corrected chi connectivity index (χ1v) is 12.8. The number of aryl methyl sites for hydroxylation is 1. The molecule has 0 amide bonds. The summed E-state index contributed by atoms with van der Waals surface area (Å²) in [5, 5.41) is 6.53. The number of pyridine rings is 1. The predicted octanol–water partition coefficient (Wildman–Crippen LogP) is 9.95. The highest BCUT2D eigenvalue weighted by Crippen LogP contribution is 2.45. The molecule has 4 aromatic carbocycles. The van der Waals surface area contributed by atoms with E-state index in [-0.39, 0.29) is 11.0 Å². The molecule has 7 rings (SSSR count). The fourth-order valence-electron chi connectivity index (χ4n) is 5.94. The summed E-state index contributed by atoms with van der Waals surface area (Å²) in [5.74, 6) is -0.964. The Balaban J connectivity index is 1.46. The van der Waals surface area contributed by atoms with Crippen LogP contribution in [0, 0.1) is 12.3 Å². The van der Waals surface area contributed by atoms with E-state index in [0.717, 1.165) is 61.9 Å². The van der Waals surface area contributed by atoms with Gasteiger partial charge in [-0.05, 0) is 89.3 Å². The van der Waals surface area contributed by atoms with Gasteiger partial charge in [0.2, 0.25) is 0 Å². The summed E-state index contributed by atoms with van der Waals surface area (Å²) in [6, 6.07) is 24.8. The van der Waals surface area contributed by atoms with E-state index in [9.17, 15) is 1.37 Å². The Labute approximate surface area is 217 Å². The Bertz CT molecular complexity index is 1940. The molecule has 178 valence electrons. The van der Waals surface area contributed by atoms with Gasteiger partial charge in [-0.25, -0.2) is 0 Å². The van der Waals surface area contributed by atoms with E-state index in [0.29, 0.717) is 24.1 Å². The molecule has 0 aliphatic heterocycles. The lowest BCUT2D eigenvalue weighted by atomic mass is 9.71. The second-order valence-corrected chi connectivity index (χ2v) is 11.0. The number of aromatic nitrogens is 1. The first kappa shape index (κ1) is 17.7. The van der Waals surface area contributed by atoms with Gasteiger partial charge in [0.15, 0.2) is 0 Å². The van der Waals surface area contributed by atoms with E-state index in [1.807, 2.05) is 24.3 Å². The third-order valence-corrected chi connectivity index (χ3v) is 8.14. The van der Waals surface area contributed by atoms with Crippen LogP contribution in [0.2, 0.25) is 0 Å². The van der Waals surface area contributed by atoms with Crippen LogP contribution in [-0.4, -0.2) is 4.98 Å². The summed E-state index contributed by atoms with van der Waals surface area (Å²) in [6.07, 6.45) is 4.49. The number of benzene rings is 4. The molecular weight excluding hydrogens is 438 g/mol. The van der Waals surface area contributed by atoms with E-state index in [1.54, 1.807) is 0 Å². The van der Waals surface area contributed by atoms with Crippen LogP contribution in [0.1, 0.15) is 62.0 Å². The normalized spacial score (nSPS) is 19.3. The van der Waals surface area contributed by atoms with E-state index >= 15 is 0 Å². The lowest BCUT2D eigenvalue weighted by molar-refractivity contribution is 0.224. The minimum atomic E-state index is -2.34. The van der Waals surface area contributed by atoms with Crippen LogP contribution in [0.4, 0.5) is 0 Å². The Morgan fingerprint density at radius 2 is 1.61 bits per heavy atom. The molecule has 0 radical (unpaired) electrons. The van der Waals surface area contributed by atoms with Crippen LogP contribution in [0.3, 0.4) is 0 Å². The van der Waals surface area contributed by atoms with Crippen LogP contribution in [0.25, 0.3) is 54.7 Å². The fraction of sp³-hybridized carbons (Fsp3) is 0.265. The van der Waals surface area contributed by atoms with Gasteiger partial charge in [0.25, 0.3) is 0 Å². The largest absolute Gasteiger partial charge is 0.455 e. The summed E-state index contributed by atoms with van der Waals surface area (Å²) >= 11 is 0. The summed E-state index contributed by atoms with van der Waals surface area (Å²) in [7, 11) is 0. The Kier molecular flexibility index (Phi) is 3.90. The van der Waals surface area contributed by atoms with E-state index in [2.05, 4.69) is 67.4 Å². The molecule has 0 saturated heterocycles. The molecule has 6 aromatic rings. The van der Waals surface area contributed by atoms with Crippen LogP contribution < -0.4 is 0 Å². The maximum atomic E-state index is 9.43. The highest BCUT2D eigenvalue weighted by atomic mass is 16.3. The Morgan fingerprint density at radius 1 is 0.861 bits per heavy atom. The average molecular weight is 474 g/mol. The van der Waals surface area contributed by atoms with Crippen molar-refractivity contribution in [2.24, 2.45) is 5.41 Å². The second-order valence-electron chi connectivity index (χ2n) is 11.0. The fourth-order valence-corrected chi connectivity index (χ4v) is 5.94. The van der Waals surface area contributed by atoms with Crippen molar-refractivity contribution in [3.63, 3.8) is 0 Å². The number of hydrogen-bond acceptors (Lipinski definition) is 2. The molecule has 0 unspecified atom stereocenters. The topological polar surface area (TPSA) is 26.0 Å². The number of para-hydroxylation sites is 1. The zero-order valence-corrected chi connectivity index (χ0v) is 20.7. The van der Waals surface area contributed by atoms with Gasteiger partial charge in [0.05, 0.1) is 5.69 Å². The predicted molar refractivity (Wildman–Crippen MR) is 152 cm³/mol. The van der Waals surface area contributed by atoms with Crippen molar-refractivity contribution in [2.75, 3.05) is 0 Å². The molecule has 2 nitrogen and oxygen atoms in total. The molecule has 0 spiro atoms. The van der Waals surface area contributed by atoms with Gasteiger partial charge >= 0.3 is 0 Å². The van der Waals surface area contributed by atoms with Crippen molar-refractivity contribution in [1.29, 1.82) is 0 Å². The molecule has 2 aromatic heterocycles. The minimum absolute atomic E-state index is 0.160. The molecule has 1 saturated carbocycles. The molecule has 1 aliphatic rings. The van der Waals surface area contributed by atoms with E-state index in [1.165, 1.54) is 6.20 Å². The van der Waals surface area contributed by atoms with Gasteiger partial charge in [0.1, 0.15) is 11.2 Å². The van der Waals surface area contributed by atoms with Crippen molar-refractivity contribution in [3.05, 3.63) is 90.1 Å². The molecule has 2 heteroatoms. The van der Waals surface area contributed by atoms with Crippen molar-refractivity contribution in [3.8, 4) is 11.3 Å². The average Bonchev–Trinajstić information content (AvgIpc) is 3.33. The van der Waals surface area contributed by atoms with Gasteiger partial charge < -0.3 is 4.42 Å². The van der Waals surface area contributed by atoms with Crippen molar-refractivity contribution in [1.82, 2.24) is 4.98 Å². The Hall–Kier alpha value is -3.65. The lowest BCUT2D eigenvalue weighted by Crippen LogP contribution is -2.20. The first-order valence-electron chi connectivity index (χ1n) is 14.8. The third-order valence-electron chi connectivity index (χ3n) is 8.14. The van der Waals surface area contributed by atoms with Crippen molar-refractivity contribution in [2.45, 2.75) is 52.3 Å². The minimum Gasteiger partial charge on any atom is -0.455 e. The quantitative estimate of drug-likeness (QED) is 0.234. The molecule has 1 aliphatic carbocycles. The van der Waals surface area contributed by atoms with Crippen LogP contribution in [0.15, 0.2) is 83.4 Å². The smallest absolute Gasteiger partial charge is 0.144 e. The highest BCUT2D eigenvalue weighted by molar-refractivity contribution is 6.23. The van der Waals surface area contributed by atoms with Crippen LogP contribution >= 0.6 is 0 Å². The summed E-state index contributed by atoms with van der Waals surface area (Å²) in [6.45, 7) is 2.11. The molecule has 0 atom stereocenters. The first-order chi connectivity index (χ1) is 19.0. The van der Waals surface area contributed by atoms with Gasteiger partial charge in [-0.1, -0.05) is 68.4 Å². The third kappa shape index (κ3) is 3.35. The van der Waals surface area contributed by atoms with Crippen molar-refractivity contribution >= 4 is 43.5 Å². The van der Waals surface area contributed by atoms with Crippen molar-refractivity contribution < 1.29 is 9.90 Å². The SMILES string of the molecule is [2H]C([2H])([2H])c1cnc(-c2cccc3c2oc2c3ccc3ccc4ccccc4c32)cc1C1([2H])CCC(C)(C)CC1. The number of hydrogen-bond donors (Lipinski definition) is 0. The maximum absolute atomic E-state index is 9.43. The second kappa shape index (κ2) is 7.93. The maximum Gasteiger partial charge on any atom is 0.144 e. The van der Waals surface area contributed by atoms with Gasteiger partial charge in [-0.3, -0.25) is 4.98 Å². The molecule has 36 heavy (non-hydrogen) atoms. The lowest BCUT2D eigenvalue weighted by Gasteiger charge is -2.35.